The van der Waals surface area contributed by atoms with Crippen molar-refractivity contribution in [2.45, 2.75) is 32.6 Å². The fourth-order valence-corrected chi connectivity index (χ4v) is 2.12. The Morgan fingerprint density at radius 2 is 2.27 bits per heavy atom. The molecule has 1 nitrogen and oxygen atoms in total. The van der Waals surface area contributed by atoms with Crippen LogP contribution in [0.1, 0.15) is 32.6 Å². The molecule has 2 atom stereocenters. The van der Waals surface area contributed by atoms with Gasteiger partial charge in [-0.3, -0.25) is 0 Å². The second-order valence-electron chi connectivity index (χ2n) is 3.88. The molecule has 1 rings (SSSR count). The van der Waals surface area contributed by atoms with E-state index in [1.165, 1.54) is 18.4 Å². The van der Waals surface area contributed by atoms with E-state index in [-0.39, 0.29) is 0 Å². The van der Waals surface area contributed by atoms with Crippen LogP contribution >= 0.6 is 0 Å². The second kappa shape index (κ2) is 3.91. The lowest BCUT2D eigenvalue weighted by molar-refractivity contribution is 0.227. The van der Waals surface area contributed by atoms with Crippen LogP contribution in [-0.4, -0.2) is 11.7 Å². The van der Waals surface area contributed by atoms with Crippen LogP contribution in [0.25, 0.3) is 0 Å². The molecule has 64 valence electrons. The summed E-state index contributed by atoms with van der Waals surface area (Å²) in [6, 6.07) is 0. The fourth-order valence-electron chi connectivity index (χ4n) is 2.12. The van der Waals surface area contributed by atoms with Crippen LogP contribution in [0.15, 0.2) is 12.2 Å². The third-order valence-electron chi connectivity index (χ3n) is 2.49. The maximum atomic E-state index is 8.76. The Balaban J connectivity index is 2.36. The van der Waals surface area contributed by atoms with Gasteiger partial charge in [0.2, 0.25) is 0 Å². The lowest BCUT2D eigenvalue weighted by atomic mass is 9.79. The number of aliphatic hydroxyl groups excluding tert-OH is 1. The average molecular weight is 154 g/mol. The first-order valence-corrected chi connectivity index (χ1v) is 4.50. The van der Waals surface area contributed by atoms with Crippen molar-refractivity contribution in [1.29, 1.82) is 0 Å². The van der Waals surface area contributed by atoms with Crippen LogP contribution in [0.4, 0.5) is 0 Å². The van der Waals surface area contributed by atoms with E-state index in [1.807, 2.05) is 0 Å². The fraction of sp³-hybridized carbons (Fsp3) is 0.800. The van der Waals surface area contributed by atoms with E-state index in [1.54, 1.807) is 0 Å². The number of rotatable bonds is 2. The van der Waals surface area contributed by atoms with Gasteiger partial charge in [-0.25, -0.2) is 0 Å². The van der Waals surface area contributed by atoms with Gasteiger partial charge in [-0.1, -0.05) is 19.1 Å². The van der Waals surface area contributed by atoms with Crippen LogP contribution in [0, 0.1) is 11.8 Å². The molecule has 0 radical (unpaired) electrons. The standard InChI is InChI=1S/C10H18O/c1-8-5-9(2)7-10(6-8)3-4-11/h9-11H,1,3-7H2,2H3. The molecule has 1 heteroatoms. The molecule has 0 aromatic rings. The maximum absolute atomic E-state index is 8.76. The van der Waals surface area contributed by atoms with Gasteiger partial charge >= 0.3 is 0 Å². The third kappa shape index (κ3) is 2.66. The summed E-state index contributed by atoms with van der Waals surface area (Å²) in [5.41, 5.74) is 1.38. The van der Waals surface area contributed by atoms with E-state index < -0.39 is 0 Å². The molecule has 1 aliphatic rings. The summed E-state index contributed by atoms with van der Waals surface area (Å²) in [5.74, 6) is 1.49. The SMILES string of the molecule is C=C1CC(C)CC(CCO)C1. The van der Waals surface area contributed by atoms with Crippen molar-refractivity contribution in [2.24, 2.45) is 11.8 Å². The van der Waals surface area contributed by atoms with Gasteiger partial charge in [-0.05, 0) is 37.5 Å². The first kappa shape index (κ1) is 8.79. The summed E-state index contributed by atoms with van der Waals surface area (Å²) in [4.78, 5) is 0. The molecule has 0 saturated heterocycles. The molecule has 0 bridgehead atoms. The Labute approximate surface area is 69.1 Å². The quantitative estimate of drug-likeness (QED) is 0.605. The minimum absolute atomic E-state index is 0.338. The Morgan fingerprint density at radius 3 is 2.82 bits per heavy atom. The van der Waals surface area contributed by atoms with Crippen LogP contribution in [-0.2, 0) is 0 Å². The number of hydrogen-bond donors (Lipinski definition) is 1. The van der Waals surface area contributed by atoms with Crippen molar-refractivity contribution in [3.63, 3.8) is 0 Å². The van der Waals surface area contributed by atoms with E-state index in [0.29, 0.717) is 12.5 Å². The molecule has 0 amide bonds. The molecule has 0 aliphatic heterocycles. The molecule has 1 N–H and O–H groups in total. The summed E-state index contributed by atoms with van der Waals surface area (Å²) in [6.07, 6.45) is 4.58. The number of hydrogen-bond acceptors (Lipinski definition) is 1. The van der Waals surface area contributed by atoms with E-state index >= 15 is 0 Å². The zero-order valence-electron chi connectivity index (χ0n) is 7.34. The first-order valence-electron chi connectivity index (χ1n) is 4.50. The highest BCUT2D eigenvalue weighted by Crippen LogP contribution is 2.33. The van der Waals surface area contributed by atoms with E-state index in [9.17, 15) is 0 Å². The Morgan fingerprint density at radius 1 is 1.55 bits per heavy atom. The minimum atomic E-state index is 0.338. The molecule has 0 heterocycles. The topological polar surface area (TPSA) is 20.2 Å². The van der Waals surface area contributed by atoms with Gasteiger partial charge in [0, 0.05) is 6.61 Å². The van der Waals surface area contributed by atoms with Gasteiger partial charge in [0.25, 0.3) is 0 Å². The molecule has 11 heavy (non-hydrogen) atoms. The zero-order valence-corrected chi connectivity index (χ0v) is 7.34. The molecule has 0 spiro atoms. The number of aliphatic hydroxyl groups is 1. The normalized spacial score (nSPS) is 32.4. The molecule has 1 saturated carbocycles. The monoisotopic (exact) mass is 154 g/mol. The van der Waals surface area contributed by atoms with Crippen LogP contribution in [0.2, 0.25) is 0 Å². The van der Waals surface area contributed by atoms with Gasteiger partial charge in [0.15, 0.2) is 0 Å². The molecule has 0 aromatic heterocycles. The van der Waals surface area contributed by atoms with Crippen molar-refractivity contribution in [1.82, 2.24) is 0 Å². The summed E-state index contributed by atoms with van der Waals surface area (Å²) in [5, 5.41) is 8.76. The van der Waals surface area contributed by atoms with E-state index in [4.69, 9.17) is 5.11 Å². The van der Waals surface area contributed by atoms with Crippen LogP contribution in [0.5, 0.6) is 0 Å². The van der Waals surface area contributed by atoms with Crippen LogP contribution in [0.3, 0.4) is 0 Å². The highest BCUT2D eigenvalue weighted by atomic mass is 16.3. The smallest absolute Gasteiger partial charge is 0.0433 e. The van der Waals surface area contributed by atoms with E-state index in [0.717, 1.165) is 18.8 Å². The van der Waals surface area contributed by atoms with Crippen molar-refractivity contribution >= 4 is 0 Å². The second-order valence-corrected chi connectivity index (χ2v) is 3.88. The van der Waals surface area contributed by atoms with Gasteiger partial charge in [-0.2, -0.15) is 0 Å². The maximum Gasteiger partial charge on any atom is 0.0433 e. The summed E-state index contributed by atoms with van der Waals surface area (Å²) < 4.78 is 0. The molecular formula is C10H18O. The van der Waals surface area contributed by atoms with Gasteiger partial charge in [0.1, 0.15) is 0 Å². The Kier molecular flexibility index (Phi) is 3.13. The van der Waals surface area contributed by atoms with Crippen LogP contribution < -0.4 is 0 Å². The number of allylic oxidation sites excluding steroid dienone is 1. The molecule has 1 aliphatic carbocycles. The summed E-state index contributed by atoms with van der Waals surface area (Å²) >= 11 is 0. The van der Waals surface area contributed by atoms with Crippen molar-refractivity contribution in [3.8, 4) is 0 Å². The van der Waals surface area contributed by atoms with Gasteiger partial charge in [0.05, 0.1) is 0 Å². The van der Waals surface area contributed by atoms with E-state index in [2.05, 4.69) is 13.5 Å². The van der Waals surface area contributed by atoms with Crippen molar-refractivity contribution in [2.75, 3.05) is 6.61 Å². The Bertz CT molecular complexity index is 140. The predicted octanol–water partition coefficient (Wildman–Crippen LogP) is 2.36. The van der Waals surface area contributed by atoms with Crippen molar-refractivity contribution < 1.29 is 5.11 Å². The molecule has 1 fully saturated rings. The molecular weight excluding hydrogens is 136 g/mol. The lowest BCUT2D eigenvalue weighted by Gasteiger charge is -2.27. The average Bonchev–Trinajstić information content (AvgIpc) is 1.85. The predicted molar refractivity (Wildman–Crippen MR) is 47.3 cm³/mol. The van der Waals surface area contributed by atoms with Gasteiger partial charge < -0.3 is 5.11 Å². The van der Waals surface area contributed by atoms with Gasteiger partial charge in [-0.15, -0.1) is 0 Å². The minimum Gasteiger partial charge on any atom is -0.396 e. The molecule has 2 unspecified atom stereocenters. The largest absolute Gasteiger partial charge is 0.396 e. The third-order valence-corrected chi connectivity index (χ3v) is 2.49. The summed E-state index contributed by atoms with van der Waals surface area (Å²) in [7, 11) is 0. The highest BCUT2D eigenvalue weighted by Gasteiger charge is 2.20. The zero-order chi connectivity index (χ0) is 8.27. The van der Waals surface area contributed by atoms with Crippen molar-refractivity contribution in [3.05, 3.63) is 12.2 Å². The molecule has 0 aromatic carbocycles. The Hall–Kier alpha value is -0.300. The lowest BCUT2D eigenvalue weighted by Crippen LogP contribution is -2.15. The summed E-state index contributed by atoms with van der Waals surface area (Å²) in [6.45, 7) is 6.63. The first-order chi connectivity index (χ1) is 5.22. The highest BCUT2D eigenvalue weighted by molar-refractivity contribution is 5.01.